The van der Waals surface area contributed by atoms with Crippen LogP contribution in [0.25, 0.3) is 0 Å². The van der Waals surface area contributed by atoms with Crippen molar-refractivity contribution < 1.29 is 8.42 Å². The minimum absolute atomic E-state index is 0.0372. The van der Waals surface area contributed by atoms with Crippen molar-refractivity contribution in [3.8, 4) is 0 Å². The summed E-state index contributed by atoms with van der Waals surface area (Å²) in [6, 6.07) is 5.44. The van der Waals surface area contributed by atoms with Crippen molar-refractivity contribution in [3.05, 3.63) is 23.8 Å². The third-order valence-electron chi connectivity index (χ3n) is 3.87. The molecule has 21 heavy (non-hydrogen) atoms. The molecule has 118 valence electrons. The Balaban J connectivity index is 2.16. The van der Waals surface area contributed by atoms with E-state index in [-0.39, 0.29) is 6.04 Å². The summed E-state index contributed by atoms with van der Waals surface area (Å²) in [5.41, 5.74) is 1.88. The lowest BCUT2D eigenvalue weighted by atomic mass is 10.0. The molecule has 1 atom stereocenters. The summed E-state index contributed by atoms with van der Waals surface area (Å²) >= 11 is 0. The highest BCUT2D eigenvalue weighted by Crippen LogP contribution is 2.28. The second kappa shape index (κ2) is 6.79. The van der Waals surface area contributed by atoms with E-state index in [0.29, 0.717) is 10.8 Å². The molecule has 0 saturated carbocycles. The fourth-order valence-electron chi connectivity index (χ4n) is 2.70. The van der Waals surface area contributed by atoms with Gasteiger partial charge in [0.25, 0.3) is 0 Å². The molecule has 0 aliphatic carbocycles. The van der Waals surface area contributed by atoms with Crippen LogP contribution >= 0.6 is 0 Å². The van der Waals surface area contributed by atoms with E-state index < -0.39 is 10.0 Å². The zero-order valence-corrected chi connectivity index (χ0v) is 14.0. The molecule has 1 unspecified atom stereocenters. The summed E-state index contributed by atoms with van der Waals surface area (Å²) in [5, 5.41) is 3.28. The van der Waals surface area contributed by atoms with Crippen LogP contribution in [0.15, 0.2) is 23.1 Å². The predicted octanol–water partition coefficient (Wildman–Crippen LogP) is 3.15. The number of sulfonamides is 1. The molecule has 1 aromatic rings. The lowest BCUT2D eigenvalue weighted by Crippen LogP contribution is -2.33. The zero-order valence-electron chi connectivity index (χ0n) is 13.1. The van der Waals surface area contributed by atoms with Gasteiger partial charge in [-0.05, 0) is 56.2 Å². The maximum atomic E-state index is 12.6. The van der Waals surface area contributed by atoms with Gasteiger partial charge in [-0.2, -0.15) is 0 Å². The smallest absolute Gasteiger partial charge is 0.241 e. The van der Waals surface area contributed by atoms with Gasteiger partial charge in [0.05, 0.1) is 4.90 Å². The predicted molar refractivity (Wildman–Crippen MR) is 87.1 cm³/mol. The van der Waals surface area contributed by atoms with Crippen LogP contribution in [0.3, 0.4) is 0 Å². The fraction of sp³-hybridized carbons (Fsp3) is 0.625. The van der Waals surface area contributed by atoms with E-state index in [1.165, 1.54) is 0 Å². The van der Waals surface area contributed by atoms with E-state index in [2.05, 4.69) is 23.9 Å². The number of hydrogen-bond donors (Lipinski definition) is 2. The molecule has 0 amide bonds. The first-order valence-electron chi connectivity index (χ1n) is 7.78. The molecular formula is C16H26N2O2S. The zero-order chi connectivity index (χ0) is 15.5. The van der Waals surface area contributed by atoms with Gasteiger partial charge in [0.1, 0.15) is 0 Å². The van der Waals surface area contributed by atoms with Crippen molar-refractivity contribution in [1.82, 2.24) is 4.72 Å². The molecule has 1 aromatic carbocycles. The molecule has 5 heteroatoms. The first kappa shape index (κ1) is 16.3. The van der Waals surface area contributed by atoms with Crippen molar-refractivity contribution in [2.24, 2.45) is 5.92 Å². The van der Waals surface area contributed by atoms with Crippen molar-refractivity contribution >= 4 is 15.7 Å². The third kappa shape index (κ3) is 4.20. The number of hydrogen-bond acceptors (Lipinski definition) is 3. The van der Waals surface area contributed by atoms with Crippen LogP contribution < -0.4 is 10.0 Å². The van der Waals surface area contributed by atoms with Crippen LogP contribution in [0.1, 0.15) is 45.6 Å². The summed E-state index contributed by atoms with van der Waals surface area (Å²) in [6.07, 6.45) is 3.69. The summed E-state index contributed by atoms with van der Waals surface area (Å²) in [7, 11) is -3.44. The molecule has 1 heterocycles. The van der Waals surface area contributed by atoms with Gasteiger partial charge in [0.15, 0.2) is 0 Å². The lowest BCUT2D eigenvalue weighted by Gasteiger charge is -2.22. The summed E-state index contributed by atoms with van der Waals surface area (Å²) in [4.78, 5) is 0.434. The van der Waals surface area contributed by atoms with Crippen molar-refractivity contribution in [2.75, 3.05) is 11.9 Å². The highest BCUT2D eigenvalue weighted by molar-refractivity contribution is 7.89. The standard InChI is InChI=1S/C16H26N2O2S/c1-12(2)9-10-13(3)18-21(19,20)16-8-4-7-15-14(16)6-5-11-17-15/h4,7-8,12-13,17-18H,5-6,9-11H2,1-3H3. The first-order valence-corrected chi connectivity index (χ1v) is 9.26. The van der Waals surface area contributed by atoms with Crippen molar-refractivity contribution in [1.29, 1.82) is 0 Å². The highest BCUT2D eigenvalue weighted by Gasteiger charge is 2.23. The molecule has 1 aliphatic rings. The van der Waals surface area contributed by atoms with Crippen molar-refractivity contribution in [3.63, 3.8) is 0 Å². The molecule has 0 fully saturated rings. The molecule has 4 nitrogen and oxygen atoms in total. The molecule has 0 aromatic heterocycles. The molecule has 2 rings (SSSR count). The van der Waals surface area contributed by atoms with E-state index in [4.69, 9.17) is 0 Å². The average Bonchev–Trinajstić information content (AvgIpc) is 2.44. The molecule has 0 spiro atoms. The minimum Gasteiger partial charge on any atom is -0.385 e. The lowest BCUT2D eigenvalue weighted by molar-refractivity contribution is 0.485. The monoisotopic (exact) mass is 310 g/mol. The first-order chi connectivity index (χ1) is 9.90. The number of anilines is 1. The summed E-state index contributed by atoms with van der Waals surface area (Å²) in [6.45, 7) is 7.16. The van der Waals surface area contributed by atoms with Gasteiger partial charge in [-0.25, -0.2) is 13.1 Å². The van der Waals surface area contributed by atoms with Crippen LogP contribution in [0, 0.1) is 5.92 Å². The Bertz CT molecular complexity index is 582. The molecule has 0 radical (unpaired) electrons. The van der Waals surface area contributed by atoms with Crippen molar-refractivity contribution in [2.45, 2.75) is 57.4 Å². The number of rotatable bonds is 6. The topological polar surface area (TPSA) is 58.2 Å². The van der Waals surface area contributed by atoms with Gasteiger partial charge in [0.2, 0.25) is 10.0 Å². The average molecular weight is 310 g/mol. The summed E-state index contributed by atoms with van der Waals surface area (Å²) < 4.78 is 28.1. The quantitative estimate of drug-likeness (QED) is 0.848. The minimum atomic E-state index is -3.44. The van der Waals surface area contributed by atoms with Crippen LogP contribution in [-0.2, 0) is 16.4 Å². The van der Waals surface area contributed by atoms with Crippen LogP contribution in [0.2, 0.25) is 0 Å². The van der Waals surface area contributed by atoms with Gasteiger partial charge in [-0.1, -0.05) is 19.9 Å². The van der Waals surface area contributed by atoms with E-state index in [1.54, 1.807) is 6.07 Å². The largest absolute Gasteiger partial charge is 0.385 e. The van der Waals surface area contributed by atoms with Gasteiger partial charge in [0, 0.05) is 18.3 Å². The molecule has 0 saturated heterocycles. The Morgan fingerprint density at radius 2 is 2.00 bits per heavy atom. The molecule has 0 bridgehead atoms. The second-order valence-corrected chi connectivity index (χ2v) is 7.99. The van der Waals surface area contributed by atoms with Gasteiger partial charge >= 0.3 is 0 Å². The second-order valence-electron chi connectivity index (χ2n) is 6.31. The van der Waals surface area contributed by atoms with E-state index in [1.807, 2.05) is 19.1 Å². The van der Waals surface area contributed by atoms with E-state index >= 15 is 0 Å². The van der Waals surface area contributed by atoms with Crippen LogP contribution in [0.4, 0.5) is 5.69 Å². The normalized spacial score (nSPS) is 16.4. The Hall–Kier alpha value is -1.07. The third-order valence-corrected chi connectivity index (χ3v) is 5.55. The van der Waals surface area contributed by atoms with E-state index in [9.17, 15) is 8.42 Å². The number of benzene rings is 1. The Labute approximate surface area is 128 Å². The van der Waals surface area contributed by atoms with E-state index in [0.717, 1.165) is 43.5 Å². The highest BCUT2D eigenvalue weighted by atomic mass is 32.2. The number of nitrogens with one attached hydrogen (secondary N) is 2. The maximum absolute atomic E-state index is 12.6. The molecular weight excluding hydrogens is 284 g/mol. The molecule has 2 N–H and O–H groups in total. The fourth-order valence-corrected chi connectivity index (χ4v) is 4.27. The Kier molecular flexibility index (Phi) is 5.27. The number of fused-ring (bicyclic) bond motifs is 1. The SMILES string of the molecule is CC(C)CCC(C)NS(=O)(=O)c1cccc2c1CCCN2. The Morgan fingerprint density at radius 3 is 2.71 bits per heavy atom. The Morgan fingerprint density at radius 1 is 1.24 bits per heavy atom. The van der Waals surface area contributed by atoms with Crippen LogP contribution in [-0.4, -0.2) is 21.0 Å². The van der Waals surface area contributed by atoms with Gasteiger partial charge in [-0.3, -0.25) is 0 Å². The summed E-state index contributed by atoms with van der Waals surface area (Å²) in [5.74, 6) is 0.589. The maximum Gasteiger partial charge on any atom is 0.241 e. The van der Waals surface area contributed by atoms with Crippen LogP contribution in [0.5, 0.6) is 0 Å². The van der Waals surface area contributed by atoms with Gasteiger partial charge in [-0.15, -0.1) is 0 Å². The molecule has 1 aliphatic heterocycles. The van der Waals surface area contributed by atoms with Gasteiger partial charge < -0.3 is 5.32 Å².